The highest BCUT2D eigenvalue weighted by Crippen LogP contribution is 2.20. The van der Waals surface area contributed by atoms with Gasteiger partial charge in [0.05, 0.1) is 6.04 Å². The molecule has 3 rings (SSSR count). The van der Waals surface area contributed by atoms with Crippen molar-refractivity contribution in [2.75, 3.05) is 13.1 Å². The molecule has 4 atom stereocenters. The van der Waals surface area contributed by atoms with E-state index in [-0.39, 0.29) is 31.9 Å². The number of nitrogens with one attached hydrogen (secondary N) is 3. The van der Waals surface area contributed by atoms with Crippen LogP contribution in [0.25, 0.3) is 10.9 Å². The summed E-state index contributed by atoms with van der Waals surface area (Å²) in [4.78, 5) is 58.8. The summed E-state index contributed by atoms with van der Waals surface area (Å²) in [7, 11) is 0. The Balaban J connectivity index is 1.61. The molecule has 1 aliphatic heterocycles. The maximum atomic E-state index is 13.2. The van der Waals surface area contributed by atoms with Crippen LogP contribution in [0.3, 0.4) is 0 Å². The van der Waals surface area contributed by atoms with Crippen LogP contribution in [-0.2, 0) is 25.6 Å². The number of H-pyrrole nitrogens is 1. The van der Waals surface area contributed by atoms with E-state index in [0.717, 1.165) is 16.5 Å². The number of rotatable bonds is 12. The predicted octanol–water partition coefficient (Wildman–Crippen LogP) is -0.844. The summed E-state index contributed by atoms with van der Waals surface area (Å²) in [6.45, 7) is 2.01. The number of carbonyl (C=O) groups excluding carboxylic acids is 3. The van der Waals surface area contributed by atoms with Gasteiger partial charge in [0.15, 0.2) is 5.96 Å². The Kier molecular flexibility index (Phi) is 9.66. The van der Waals surface area contributed by atoms with E-state index in [1.54, 1.807) is 6.20 Å². The van der Waals surface area contributed by atoms with E-state index in [2.05, 4.69) is 20.6 Å². The second kappa shape index (κ2) is 12.9. The Hall–Kier alpha value is -4.13. The fraction of sp³-hybridized carbons (Fsp3) is 0.480. The summed E-state index contributed by atoms with van der Waals surface area (Å²) in [6.07, 6.45) is 3.52. The van der Waals surface area contributed by atoms with Gasteiger partial charge in [-0.3, -0.25) is 19.4 Å². The second-order valence-corrected chi connectivity index (χ2v) is 9.44. The summed E-state index contributed by atoms with van der Waals surface area (Å²) >= 11 is 0. The molecule has 4 unspecified atom stereocenters. The van der Waals surface area contributed by atoms with E-state index in [4.69, 9.17) is 17.2 Å². The number of carbonyl (C=O) groups is 4. The molecule has 0 aliphatic carbocycles. The normalized spacial score (nSPS) is 17.4. The van der Waals surface area contributed by atoms with Crippen molar-refractivity contribution in [3.63, 3.8) is 0 Å². The number of carboxylic acid groups (broad SMARTS) is 1. The molecular weight excluding hydrogens is 492 g/mol. The lowest BCUT2D eigenvalue weighted by Crippen LogP contribution is -2.56. The van der Waals surface area contributed by atoms with Crippen molar-refractivity contribution in [2.45, 2.75) is 63.2 Å². The van der Waals surface area contributed by atoms with Gasteiger partial charge >= 0.3 is 5.97 Å². The number of guanidine groups is 1. The first-order valence-corrected chi connectivity index (χ1v) is 12.6. The monoisotopic (exact) mass is 528 g/mol. The summed E-state index contributed by atoms with van der Waals surface area (Å²) < 4.78 is 0. The third-order valence-corrected chi connectivity index (χ3v) is 6.58. The van der Waals surface area contributed by atoms with Crippen molar-refractivity contribution in [1.82, 2.24) is 20.5 Å². The Morgan fingerprint density at radius 1 is 1.18 bits per heavy atom. The number of hydrogen-bond donors (Lipinski definition) is 7. The highest BCUT2D eigenvalue weighted by molar-refractivity contribution is 5.94. The number of hydrogen-bond acceptors (Lipinski definition) is 6. The van der Waals surface area contributed by atoms with Crippen LogP contribution in [0.15, 0.2) is 35.5 Å². The van der Waals surface area contributed by atoms with E-state index in [1.807, 2.05) is 24.3 Å². The third-order valence-electron chi connectivity index (χ3n) is 6.58. The Morgan fingerprint density at radius 3 is 2.63 bits per heavy atom. The summed E-state index contributed by atoms with van der Waals surface area (Å²) in [5.41, 5.74) is 18.6. The Morgan fingerprint density at radius 2 is 1.92 bits per heavy atom. The van der Waals surface area contributed by atoms with Gasteiger partial charge in [-0.25, -0.2) is 4.79 Å². The van der Waals surface area contributed by atoms with Crippen LogP contribution < -0.4 is 27.8 Å². The van der Waals surface area contributed by atoms with Crippen molar-refractivity contribution in [3.05, 3.63) is 36.0 Å². The lowest BCUT2D eigenvalue weighted by Gasteiger charge is -2.28. The van der Waals surface area contributed by atoms with E-state index in [0.29, 0.717) is 19.3 Å². The molecule has 1 aromatic carbocycles. The van der Waals surface area contributed by atoms with Gasteiger partial charge in [0.1, 0.15) is 18.1 Å². The number of carboxylic acids is 1. The van der Waals surface area contributed by atoms with Gasteiger partial charge in [0.2, 0.25) is 17.7 Å². The number of likely N-dealkylation sites (tertiary alicyclic amines) is 1. The smallest absolute Gasteiger partial charge is 0.326 e. The third kappa shape index (κ3) is 7.22. The maximum Gasteiger partial charge on any atom is 0.326 e. The Labute approximate surface area is 220 Å². The molecule has 13 heteroatoms. The number of aromatic amines is 1. The lowest BCUT2D eigenvalue weighted by atomic mass is 10.0. The van der Waals surface area contributed by atoms with Crippen molar-refractivity contribution < 1.29 is 24.3 Å². The predicted molar refractivity (Wildman–Crippen MR) is 142 cm³/mol. The lowest BCUT2D eigenvalue weighted by molar-refractivity contribution is -0.149. The molecule has 0 bridgehead atoms. The van der Waals surface area contributed by atoms with Crippen molar-refractivity contribution in [2.24, 2.45) is 22.2 Å². The first-order chi connectivity index (χ1) is 18.1. The quantitative estimate of drug-likeness (QED) is 0.104. The van der Waals surface area contributed by atoms with Crippen LogP contribution in [0.4, 0.5) is 0 Å². The molecule has 3 amide bonds. The zero-order valence-corrected chi connectivity index (χ0v) is 21.4. The van der Waals surface area contributed by atoms with Crippen molar-refractivity contribution in [3.8, 4) is 0 Å². The summed E-state index contributed by atoms with van der Waals surface area (Å²) in [6, 6.07) is 3.82. The molecule has 206 valence electrons. The molecule has 1 fully saturated rings. The SMILES string of the molecule is CC(NC(=O)C(N)Cc1c[nH]c2ccccc12)C(=O)NC(CCCN=C(N)N)C(=O)N1CCCC1C(=O)O. The first-order valence-electron chi connectivity index (χ1n) is 12.6. The van der Waals surface area contributed by atoms with Crippen molar-refractivity contribution >= 4 is 40.6 Å². The number of amides is 3. The van der Waals surface area contributed by atoms with Gasteiger partial charge in [-0.15, -0.1) is 0 Å². The zero-order chi connectivity index (χ0) is 27.8. The molecule has 38 heavy (non-hydrogen) atoms. The molecule has 1 saturated heterocycles. The van der Waals surface area contributed by atoms with Crippen LogP contribution in [0.2, 0.25) is 0 Å². The average Bonchev–Trinajstić information content (AvgIpc) is 3.53. The van der Waals surface area contributed by atoms with Crippen LogP contribution >= 0.6 is 0 Å². The number of nitrogens with two attached hydrogens (primary N) is 3. The molecule has 10 N–H and O–H groups in total. The van der Waals surface area contributed by atoms with E-state index in [1.165, 1.54) is 11.8 Å². The maximum absolute atomic E-state index is 13.2. The molecule has 1 aliphatic rings. The van der Waals surface area contributed by atoms with E-state index < -0.39 is 47.9 Å². The summed E-state index contributed by atoms with van der Waals surface area (Å²) in [5.74, 6) is -2.79. The minimum atomic E-state index is -1.09. The van der Waals surface area contributed by atoms with E-state index in [9.17, 15) is 24.3 Å². The zero-order valence-electron chi connectivity index (χ0n) is 21.4. The number of aromatic nitrogens is 1. The van der Waals surface area contributed by atoms with Gasteiger partial charge in [-0.05, 0) is 50.7 Å². The molecule has 1 aromatic heterocycles. The van der Waals surface area contributed by atoms with Gasteiger partial charge in [0.25, 0.3) is 0 Å². The second-order valence-electron chi connectivity index (χ2n) is 9.44. The molecule has 2 heterocycles. The number of nitrogens with zero attached hydrogens (tertiary/aromatic N) is 2. The van der Waals surface area contributed by atoms with E-state index >= 15 is 0 Å². The molecule has 0 saturated carbocycles. The fourth-order valence-electron chi connectivity index (χ4n) is 4.56. The molecule has 13 nitrogen and oxygen atoms in total. The van der Waals surface area contributed by atoms with Crippen LogP contribution in [0, 0.1) is 0 Å². The fourth-order valence-corrected chi connectivity index (χ4v) is 4.56. The minimum absolute atomic E-state index is 0.0947. The van der Waals surface area contributed by atoms with Crippen LogP contribution in [0.1, 0.15) is 38.2 Å². The van der Waals surface area contributed by atoms with Crippen LogP contribution in [0.5, 0.6) is 0 Å². The molecule has 0 radical (unpaired) electrons. The number of aliphatic carboxylic acids is 1. The Bertz CT molecular complexity index is 1190. The average molecular weight is 529 g/mol. The standard InChI is InChI=1S/C25H36N8O5/c1-14(31-22(35)17(26)12-15-13-30-18-7-3-2-6-16(15)18)21(34)32-19(8-4-10-29-25(27)28)23(36)33-11-5-9-20(33)24(37)38/h2-3,6-7,13-14,17,19-20,30H,4-5,8-12,26H2,1H3,(H,31,35)(H,32,34)(H,37,38)(H4,27,28,29). The van der Waals surface area contributed by atoms with Gasteiger partial charge in [-0.2, -0.15) is 0 Å². The number of para-hydroxylation sites is 1. The number of aliphatic imine (C=N–C) groups is 1. The minimum Gasteiger partial charge on any atom is -0.480 e. The molecule has 2 aromatic rings. The van der Waals surface area contributed by atoms with Gasteiger partial charge < -0.3 is 42.8 Å². The molecular formula is C25H36N8O5. The first kappa shape index (κ1) is 28.4. The number of benzene rings is 1. The van der Waals surface area contributed by atoms with Crippen molar-refractivity contribution in [1.29, 1.82) is 0 Å². The molecule has 0 spiro atoms. The summed E-state index contributed by atoms with van der Waals surface area (Å²) in [5, 5.41) is 15.7. The van der Waals surface area contributed by atoms with Gasteiger partial charge in [0, 0.05) is 30.2 Å². The number of fused-ring (bicyclic) bond motifs is 1. The topological polar surface area (TPSA) is 222 Å². The van der Waals surface area contributed by atoms with Gasteiger partial charge in [-0.1, -0.05) is 18.2 Å². The van der Waals surface area contributed by atoms with Crippen LogP contribution in [-0.4, -0.2) is 81.9 Å². The highest BCUT2D eigenvalue weighted by Gasteiger charge is 2.38. The largest absolute Gasteiger partial charge is 0.480 e. The highest BCUT2D eigenvalue weighted by atomic mass is 16.4.